The molecule has 0 radical (unpaired) electrons. The first-order chi connectivity index (χ1) is 10.2. The fourth-order valence-corrected chi connectivity index (χ4v) is 2.35. The minimum absolute atomic E-state index is 0.780. The Kier molecular flexibility index (Phi) is 5.50. The smallest absolute Gasteiger partial charge is 0.0890 e. The fourth-order valence-electron chi connectivity index (χ4n) is 2.35. The Labute approximate surface area is 126 Å². The summed E-state index contributed by atoms with van der Waals surface area (Å²) in [6.07, 6.45) is 4.25. The summed E-state index contributed by atoms with van der Waals surface area (Å²) in [6, 6.07) is 14.1. The molecular formula is C18H23N3. The van der Waals surface area contributed by atoms with Crippen molar-refractivity contribution in [3.8, 4) is 0 Å². The second-order valence-electron chi connectivity index (χ2n) is 5.26. The van der Waals surface area contributed by atoms with Gasteiger partial charge in [-0.05, 0) is 54.3 Å². The van der Waals surface area contributed by atoms with E-state index in [0.29, 0.717) is 0 Å². The van der Waals surface area contributed by atoms with Gasteiger partial charge in [0.25, 0.3) is 0 Å². The first-order valence-corrected chi connectivity index (χ1v) is 7.62. The van der Waals surface area contributed by atoms with Crippen molar-refractivity contribution in [2.45, 2.75) is 39.5 Å². The quantitative estimate of drug-likeness (QED) is 0.544. The van der Waals surface area contributed by atoms with E-state index in [1.807, 2.05) is 30.3 Å². The third-order valence-electron chi connectivity index (χ3n) is 3.35. The predicted octanol–water partition coefficient (Wildman–Crippen LogP) is 5.59. The summed E-state index contributed by atoms with van der Waals surface area (Å²) < 4.78 is 0. The molecule has 3 nitrogen and oxygen atoms in total. The van der Waals surface area contributed by atoms with Crippen molar-refractivity contribution in [2.75, 3.05) is 5.73 Å². The van der Waals surface area contributed by atoms with Crippen molar-refractivity contribution in [1.82, 2.24) is 0 Å². The molecule has 3 heteroatoms. The van der Waals surface area contributed by atoms with Gasteiger partial charge in [0.2, 0.25) is 0 Å². The molecule has 0 heterocycles. The number of hydrogen-bond donors (Lipinski definition) is 1. The van der Waals surface area contributed by atoms with E-state index in [-0.39, 0.29) is 0 Å². The molecule has 0 atom stereocenters. The van der Waals surface area contributed by atoms with E-state index in [4.69, 9.17) is 5.73 Å². The maximum absolute atomic E-state index is 5.85. The normalized spacial score (nSPS) is 11.1. The molecule has 2 aromatic rings. The van der Waals surface area contributed by atoms with Crippen LogP contribution in [0.2, 0.25) is 0 Å². The number of nitrogen functional groups attached to an aromatic ring is 1. The minimum Gasteiger partial charge on any atom is -0.399 e. The van der Waals surface area contributed by atoms with Crippen LogP contribution in [-0.2, 0) is 12.8 Å². The van der Waals surface area contributed by atoms with E-state index >= 15 is 0 Å². The summed E-state index contributed by atoms with van der Waals surface area (Å²) in [5.74, 6) is 0. The zero-order valence-electron chi connectivity index (χ0n) is 12.8. The maximum atomic E-state index is 5.85. The Hall–Kier alpha value is -2.16. The summed E-state index contributed by atoms with van der Waals surface area (Å²) >= 11 is 0. The van der Waals surface area contributed by atoms with Crippen LogP contribution in [0.4, 0.5) is 17.1 Å². The first-order valence-electron chi connectivity index (χ1n) is 7.62. The molecular weight excluding hydrogens is 258 g/mol. The van der Waals surface area contributed by atoms with Crippen molar-refractivity contribution >= 4 is 17.1 Å². The second-order valence-corrected chi connectivity index (χ2v) is 5.26. The predicted molar refractivity (Wildman–Crippen MR) is 89.5 cm³/mol. The number of nitrogens with two attached hydrogens (primary N) is 1. The van der Waals surface area contributed by atoms with E-state index in [9.17, 15) is 0 Å². The summed E-state index contributed by atoms with van der Waals surface area (Å²) in [6.45, 7) is 4.33. The Morgan fingerprint density at radius 3 is 2.48 bits per heavy atom. The highest BCUT2D eigenvalue weighted by Crippen LogP contribution is 2.26. The number of benzene rings is 2. The topological polar surface area (TPSA) is 50.7 Å². The van der Waals surface area contributed by atoms with Crippen molar-refractivity contribution in [3.63, 3.8) is 0 Å². The highest BCUT2D eigenvalue weighted by atomic mass is 15.1. The first kappa shape index (κ1) is 15.2. The van der Waals surface area contributed by atoms with Gasteiger partial charge in [-0.15, -0.1) is 0 Å². The minimum atomic E-state index is 0.780. The highest BCUT2D eigenvalue weighted by Gasteiger charge is 2.02. The van der Waals surface area contributed by atoms with Gasteiger partial charge in [-0.1, -0.05) is 38.8 Å². The van der Waals surface area contributed by atoms with E-state index in [1.165, 1.54) is 5.56 Å². The third kappa shape index (κ3) is 4.42. The largest absolute Gasteiger partial charge is 0.399 e. The fraction of sp³-hybridized carbons (Fsp3) is 0.333. The van der Waals surface area contributed by atoms with Crippen LogP contribution in [0, 0.1) is 0 Å². The van der Waals surface area contributed by atoms with Crippen molar-refractivity contribution in [3.05, 3.63) is 53.6 Å². The van der Waals surface area contributed by atoms with Gasteiger partial charge < -0.3 is 5.73 Å². The number of aryl methyl sites for hydroxylation is 2. The van der Waals surface area contributed by atoms with E-state index < -0.39 is 0 Å². The van der Waals surface area contributed by atoms with Crippen LogP contribution in [0.25, 0.3) is 0 Å². The van der Waals surface area contributed by atoms with Crippen LogP contribution in [0.15, 0.2) is 52.7 Å². The van der Waals surface area contributed by atoms with Crippen LogP contribution in [0.1, 0.15) is 37.8 Å². The van der Waals surface area contributed by atoms with Crippen LogP contribution >= 0.6 is 0 Å². The molecule has 0 bridgehead atoms. The van der Waals surface area contributed by atoms with Gasteiger partial charge >= 0.3 is 0 Å². The van der Waals surface area contributed by atoms with Gasteiger partial charge in [-0.2, -0.15) is 10.2 Å². The maximum Gasteiger partial charge on any atom is 0.0890 e. The molecule has 0 aromatic heterocycles. The van der Waals surface area contributed by atoms with E-state index in [0.717, 1.165) is 48.3 Å². The summed E-state index contributed by atoms with van der Waals surface area (Å²) in [4.78, 5) is 0. The van der Waals surface area contributed by atoms with Crippen molar-refractivity contribution in [1.29, 1.82) is 0 Å². The van der Waals surface area contributed by atoms with Crippen molar-refractivity contribution in [2.24, 2.45) is 10.2 Å². The molecule has 2 N–H and O–H groups in total. The van der Waals surface area contributed by atoms with Gasteiger partial charge in [-0.3, -0.25) is 0 Å². The molecule has 2 aromatic carbocycles. The van der Waals surface area contributed by atoms with Crippen molar-refractivity contribution < 1.29 is 0 Å². The van der Waals surface area contributed by atoms with E-state index in [1.54, 1.807) is 0 Å². The number of azo groups is 1. The second kappa shape index (κ2) is 7.58. The molecule has 0 aliphatic carbocycles. The van der Waals surface area contributed by atoms with Gasteiger partial charge in [0.15, 0.2) is 0 Å². The molecule has 0 aliphatic heterocycles. The molecule has 21 heavy (non-hydrogen) atoms. The Morgan fingerprint density at radius 1 is 0.905 bits per heavy atom. The zero-order chi connectivity index (χ0) is 15.1. The molecule has 0 saturated carbocycles. The lowest BCUT2D eigenvalue weighted by molar-refractivity contribution is 0.917. The van der Waals surface area contributed by atoms with Gasteiger partial charge in [0.05, 0.1) is 11.4 Å². The number of anilines is 1. The summed E-state index contributed by atoms with van der Waals surface area (Å²) in [5.41, 5.74) is 10.9. The third-order valence-corrected chi connectivity index (χ3v) is 3.35. The molecule has 0 unspecified atom stereocenters. The van der Waals surface area contributed by atoms with Crippen LogP contribution in [-0.4, -0.2) is 0 Å². The lowest BCUT2D eigenvalue weighted by Crippen LogP contribution is -1.89. The number of rotatable bonds is 6. The zero-order valence-corrected chi connectivity index (χ0v) is 12.8. The number of nitrogens with zero attached hydrogens (tertiary/aromatic N) is 2. The average Bonchev–Trinajstić information content (AvgIpc) is 2.48. The van der Waals surface area contributed by atoms with Crippen LogP contribution < -0.4 is 5.73 Å². The Balaban J connectivity index is 2.22. The lowest BCUT2D eigenvalue weighted by atomic mass is 10.1. The lowest BCUT2D eigenvalue weighted by Gasteiger charge is -2.05. The molecule has 0 saturated heterocycles. The van der Waals surface area contributed by atoms with Crippen LogP contribution in [0.3, 0.4) is 0 Å². The molecule has 0 spiro atoms. The molecule has 110 valence electrons. The van der Waals surface area contributed by atoms with Gasteiger partial charge in [-0.25, -0.2) is 0 Å². The summed E-state index contributed by atoms with van der Waals surface area (Å²) in [7, 11) is 0. The van der Waals surface area contributed by atoms with E-state index in [2.05, 4.69) is 36.2 Å². The molecule has 0 fully saturated rings. The molecule has 2 rings (SSSR count). The standard InChI is InChI=1S/C18H23N3/c1-3-6-14-8-5-9-17(12-14)20-21-18-11-10-16(19)13-15(18)7-4-2/h5,8-13H,3-4,6-7,19H2,1-2H3. The molecule has 0 amide bonds. The summed E-state index contributed by atoms with van der Waals surface area (Å²) in [5, 5.41) is 8.78. The van der Waals surface area contributed by atoms with Gasteiger partial charge in [0.1, 0.15) is 0 Å². The van der Waals surface area contributed by atoms with Crippen LogP contribution in [0.5, 0.6) is 0 Å². The Morgan fingerprint density at radius 2 is 1.71 bits per heavy atom. The SMILES string of the molecule is CCCc1cccc(N=Nc2ccc(N)cc2CCC)c1. The highest BCUT2D eigenvalue weighted by molar-refractivity contribution is 5.55. The number of hydrogen-bond acceptors (Lipinski definition) is 3. The molecule has 0 aliphatic rings. The average molecular weight is 281 g/mol. The van der Waals surface area contributed by atoms with Gasteiger partial charge in [0, 0.05) is 5.69 Å². The Bertz CT molecular complexity index is 618. The monoisotopic (exact) mass is 281 g/mol.